The Morgan fingerprint density at radius 3 is 2.14 bits per heavy atom. The Hall–Kier alpha value is -3.55. The number of ether oxygens (including phenoxy) is 2. The van der Waals surface area contributed by atoms with Crippen molar-refractivity contribution >= 4 is 23.6 Å². The van der Waals surface area contributed by atoms with E-state index in [0.717, 1.165) is 12.8 Å². The van der Waals surface area contributed by atoms with Crippen molar-refractivity contribution in [3.8, 4) is 5.75 Å². The fourth-order valence-corrected chi connectivity index (χ4v) is 2.29. The molecule has 0 atom stereocenters. The first kappa shape index (κ1) is 21.7. The van der Waals surface area contributed by atoms with E-state index in [9.17, 15) is 14.4 Å². The van der Waals surface area contributed by atoms with Crippen LogP contribution >= 0.6 is 0 Å². The molecule has 0 aliphatic carbocycles. The van der Waals surface area contributed by atoms with Crippen molar-refractivity contribution < 1.29 is 23.9 Å². The van der Waals surface area contributed by atoms with Crippen LogP contribution < -0.4 is 20.9 Å². The fourth-order valence-electron chi connectivity index (χ4n) is 2.29. The second-order valence-corrected chi connectivity index (χ2v) is 6.06. The molecular weight excluding hydrogens is 374 g/mol. The molecule has 0 unspecified atom stereocenters. The van der Waals surface area contributed by atoms with Gasteiger partial charge in [0.2, 0.25) is 0 Å². The summed E-state index contributed by atoms with van der Waals surface area (Å²) in [5.74, 6) is -0.206. The van der Waals surface area contributed by atoms with Gasteiger partial charge in [0.15, 0.2) is 0 Å². The smallest absolute Gasteiger partial charge is 0.338 e. The number of hydrazine groups is 1. The van der Waals surface area contributed by atoms with E-state index in [1.54, 1.807) is 43.3 Å². The van der Waals surface area contributed by atoms with Gasteiger partial charge in [0.25, 0.3) is 5.91 Å². The number of esters is 1. The van der Waals surface area contributed by atoms with Crippen molar-refractivity contribution in [2.45, 2.75) is 26.7 Å². The Morgan fingerprint density at radius 2 is 1.52 bits per heavy atom. The van der Waals surface area contributed by atoms with Crippen LogP contribution in [0, 0.1) is 0 Å². The number of carbonyl (C=O) groups excluding carboxylic acids is 3. The van der Waals surface area contributed by atoms with E-state index in [2.05, 4.69) is 23.1 Å². The average Bonchev–Trinajstić information content (AvgIpc) is 2.73. The van der Waals surface area contributed by atoms with E-state index in [1.165, 1.54) is 12.1 Å². The Morgan fingerprint density at radius 1 is 0.862 bits per heavy atom. The summed E-state index contributed by atoms with van der Waals surface area (Å²) in [6.07, 6.45) is 2.01. The van der Waals surface area contributed by atoms with Crippen LogP contribution in [0.4, 0.5) is 10.5 Å². The van der Waals surface area contributed by atoms with Gasteiger partial charge >= 0.3 is 12.0 Å². The second kappa shape index (κ2) is 11.3. The van der Waals surface area contributed by atoms with Crippen molar-refractivity contribution in [1.82, 2.24) is 10.9 Å². The summed E-state index contributed by atoms with van der Waals surface area (Å²) in [4.78, 5) is 35.6. The number of urea groups is 1. The van der Waals surface area contributed by atoms with E-state index in [0.29, 0.717) is 29.2 Å². The van der Waals surface area contributed by atoms with E-state index in [-0.39, 0.29) is 6.61 Å². The highest BCUT2D eigenvalue weighted by Crippen LogP contribution is 2.13. The summed E-state index contributed by atoms with van der Waals surface area (Å²) in [5, 5.41) is 2.55. The third-order valence-corrected chi connectivity index (χ3v) is 3.83. The molecular formula is C21H25N3O5. The number of rotatable bonds is 8. The molecule has 0 saturated carbocycles. The predicted molar refractivity (Wildman–Crippen MR) is 109 cm³/mol. The Kier molecular flexibility index (Phi) is 8.50. The third kappa shape index (κ3) is 7.17. The molecule has 2 rings (SSSR count). The molecule has 2 aromatic rings. The number of hydrogen-bond donors (Lipinski definition) is 3. The minimum absolute atomic E-state index is 0.287. The van der Waals surface area contributed by atoms with Crippen molar-refractivity contribution in [1.29, 1.82) is 0 Å². The zero-order chi connectivity index (χ0) is 21.1. The van der Waals surface area contributed by atoms with Crippen LogP contribution in [0.25, 0.3) is 0 Å². The molecule has 0 aliphatic rings. The standard InChI is InChI=1S/C21H25N3O5/c1-3-5-14-29-18-12-8-15(9-13-18)19(25)23-24-21(27)22-17-10-6-16(7-11-17)20(26)28-4-2/h6-13H,3-5,14H2,1-2H3,(H,23,25)(H2,22,24,27). The van der Waals surface area contributed by atoms with Gasteiger partial charge in [-0.2, -0.15) is 0 Å². The first-order chi connectivity index (χ1) is 14.0. The van der Waals surface area contributed by atoms with E-state index in [4.69, 9.17) is 9.47 Å². The van der Waals surface area contributed by atoms with Crippen LogP contribution in [0.2, 0.25) is 0 Å². The number of hydrogen-bond acceptors (Lipinski definition) is 5. The van der Waals surface area contributed by atoms with Crippen molar-refractivity contribution in [3.63, 3.8) is 0 Å². The molecule has 8 nitrogen and oxygen atoms in total. The van der Waals surface area contributed by atoms with Gasteiger partial charge in [-0.25, -0.2) is 15.0 Å². The molecule has 3 amide bonds. The number of nitrogens with one attached hydrogen (secondary N) is 3. The number of benzene rings is 2. The van der Waals surface area contributed by atoms with Gasteiger partial charge in [0.1, 0.15) is 5.75 Å². The SMILES string of the molecule is CCCCOc1ccc(C(=O)NNC(=O)Nc2ccc(C(=O)OCC)cc2)cc1. The average molecular weight is 399 g/mol. The first-order valence-electron chi connectivity index (χ1n) is 9.40. The summed E-state index contributed by atoms with van der Waals surface area (Å²) in [5.41, 5.74) is 5.81. The van der Waals surface area contributed by atoms with Crippen LogP contribution in [0.3, 0.4) is 0 Å². The van der Waals surface area contributed by atoms with Crippen LogP contribution in [-0.4, -0.2) is 31.1 Å². The number of amides is 3. The molecule has 2 aromatic carbocycles. The lowest BCUT2D eigenvalue weighted by Crippen LogP contribution is -2.43. The number of carbonyl (C=O) groups is 3. The first-order valence-corrected chi connectivity index (χ1v) is 9.40. The molecule has 8 heteroatoms. The molecule has 0 aliphatic heterocycles. The van der Waals surface area contributed by atoms with Crippen LogP contribution in [0.1, 0.15) is 47.4 Å². The van der Waals surface area contributed by atoms with E-state index >= 15 is 0 Å². The third-order valence-electron chi connectivity index (χ3n) is 3.83. The summed E-state index contributed by atoms with van der Waals surface area (Å²) < 4.78 is 10.4. The summed E-state index contributed by atoms with van der Waals surface area (Å²) >= 11 is 0. The minimum Gasteiger partial charge on any atom is -0.494 e. The lowest BCUT2D eigenvalue weighted by atomic mass is 10.2. The summed E-state index contributed by atoms with van der Waals surface area (Å²) in [6.45, 7) is 4.72. The zero-order valence-corrected chi connectivity index (χ0v) is 16.5. The molecule has 29 heavy (non-hydrogen) atoms. The Bertz CT molecular complexity index is 819. The fraction of sp³-hybridized carbons (Fsp3) is 0.286. The lowest BCUT2D eigenvalue weighted by Gasteiger charge is -2.10. The highest BCUT2D eigenvalue weighted by molar-refractivity contribution is 5.97. The molecule has 154 valence electrons. The lowest BCUT2D eigenvalue weighted by molar-refractivity contribution is 0.0526. The zero-order valence-electron chi connectivity index (χ0n) is 16.5. The van der Waals surface area contributed by atoms with Crippen LogP contribution in [0.5, 0.6) is 5.75 Å². The molecule has 0 saturated heterocycles. The monoisotopic (exact) mass is 399 g/mol. The Labute approximate surface area is 169 Å². The van der Waals surface area contributed by atoms with Crippen LogP contribution in [-0.2, 0) is 4.74 Å². The van der Waals surface area contributed by atoms with Crippen molar-refractivity contribution in [2.75, 3.05) is 18.5 Å². The number of unbranched alkanes of at least 4 members (excludes halogenated alkanes) is 1. The normalized spacial score (nSPS) is 10.0. The molecule has 0 aromatic heterocycles. The topological polar surface area (TPSA) is 106 Å². The van der Waals surface area contributed by atoms with E-state index < -0.39 is 17.9 Å². The molecule has 0 spiro atoms. The molecule has 0 radical (unpaired) electrons. The summed E-state index contributed by atoms with van der Waals surface area (Å²) in [6, 6.07) is 12.2. The Balaban J connectivity index is 1.79. The maximum Gasteiger partial charge on any atom is 0.338 e. The van der Waals surface area contributed by atoms with Gasteiger partial charge in [-0.15, -0.1) is 0 Å². The van der Waals surface area contributed by atoms with Gasteiger partial charge in [-0.3, -0.25) is 10.2 Å². The largest absolute Gasteiger partial charge is 0.494 e. The maximum atomic E-state index is 12.1. The van der Waals surface area contributed by atoms with Gasteiger partial charge in [0, 0.05) is 11.3 Å². The van der Waals surface area contributed by atoms with Gasteiger partial charge in [-0.1, -0.05) is 13.3 Å². The highest BCUT2D eigenvalue weighted by atomic mass is 16.5. The molecule has 0 bridgehead atoms. The molecule has 0 heterocycles. The summed E-state index contributed by atoms with van der Waals surface area (Å²) in [7, 11) is 0. The predicted octanol–water partition coefficient (Wildman–Crippen LogP) is 3.51. The quantitative estimate of drug-likeness (QED) is 0.358. The second-order valence-electron chi connectivity index (χ2n) is 6.06. The number of anilines is 1. The van der Waals surface area contributed by atoms with Gasteiger partial charge < -0.3 is 14.8 Å². The van der Waals surface area contributed by atoms with Crippen LogP contribution in [0.15, 0.2) is 48.5 Å². The van der Waals surface area contributed by atoms with Gasteiger partial charge in [0.05, 0.1) is 18.8 Å². The van der Waals surface area contributed by atoms with Crippen molar-refractivity contribution in [2.24, 2.45) is 0 Å². The van der Waals surface area contributed by atoms with E-state index in [1.807, 2.05) is 0 Å². The molecule has 3 N–H and O–H groups in total. The molecule has 0 fully saturated rings. The van der Waals surface area contributed by atoms with Gasteiger partial charge in [-0.05, 0) is 61.9 Å². The maximum absolute atomic E-state index is 12.1. The van der Waals surface area contributed by atoms with Crippen molar-refractivity contribution in [3.05, 3.63) is 59.7 Å². The highest BCUT2D eigenvalue weighted by Gasteiger charge is 2.09. The minimum atomic E-state index is -0.623.